The molecule has 21 heavy (non-hydrogen) atoms. The molecule has 0 aliphatic carbocycles. The second-order valence-electron chi connectivity index (χ2n) is 4.70. The number of methoxy groups -OCH3 is 1. The number of ether oxygens (including phenoxy) is 1. The lowest BCUT2D eigenvalue weighted by molar-refractivity contribution is 0.414. The molecule has 0 spiro atoms. The molecule has 0 bridgehead atoms. The summed E-state index contributed by atoms with van der Waals surface area (Å²) in [6.45, 7) is 2.06. The van der Waals surface area contributed by atoms with Crippen molar-refractivity contribution in [1.82, 2.24) is 5.32 Å². The minimum atomic E-state index is -0.565. The molecule has 2 nitrogen and oxygen atoms in total. The summed E-state index contributed by atoms with van der Waals surface area (Å²) in [5, 5.41) is 3.12. The minimum Gasteiger partial charge on any atom is -0.497 e. The highest BCUT2D eigenvalue weighted by molar-refractivity contribution is 9.10. The predicted molar refractivity (Wildman–Crippen MR) is 82.3 cm³/mol. The summed E-state index contributed by atoms with van der Waals surface area (Å²) < 4.78 is 32.9. The van der Waals surface area contributed by atoms with Gasteiger partial charge in [-0.2, -0.15) is 0 Å². The fraction of sp³-hybridized carbons (Fsp3) is 0.250. The molecule has 1 atom stereocenters. The summed E-state index contributed by atoms with van der Waals surface area (Å²) in [5.74, 6) is -0.343. The van der Waals surface area contributed by atoms with Crippen molar-refractivity contribution in [1.29, 1.82) is 0 Å². The van der Waals surface area contributed by atoms with Gasteiger partial charge in [0, 0.05) is 18.2 Å². The van der Waals surface area contributed by atoms with Crippen molar-refractivity contribution in [2.75, 3.05) is 7.11 Å². The van der Waals surface area contributed by atoms with Crippen LogP contribution in [0.4, 0.5) is 8.78 Å². The van der Waals surface area contributed by atoms with Crippen molar-refractivity contribution in [2.45, 2.75) is 19.5 Å². The van der Waals surface area contributed by atoms with Crippen molar-refractivity contribution in [2.24, 2.45) is 0 Å². The number of hydrogen-bond acceptors (Lipinski definition) is 2. The molecule has 1 N–H and O–H groups in total. The molecule has 0 radical (unpaired) electrons. The molecule has 0 aliphatic rings. The van der Waals surface area contributed by atoms with E-state index in [0.29, 0.717) is 0 Å². The second-order valence-corrected chi connectivity index (χ2v) is 5.55. The van der Waals surface area contributed by atoms with Gasteiger partial charge in [-0.15, -0.1) is 0 Å². The molecular formula is C16H16BrF2NO. The summed E-state index contributed by atoms with van der Waals surface area (Å²) in [7, 11) is 1.61. The Morgan fingerprint density at radius 3 is 2.43 bits per heavy atom. The van der Waals surface area contributed by atoms with Crippen LogP contribution in [0.3, 0.4) is 0 Å². The molecule has 0 saturated heterocycles. The van der Waals surface area contributed by atoms with E-state index in [2.05, 4.69) is 21.2 Å². The molecule has 0 fully saturated rings. The first-order chi connectivity index (χ1) is 10.0. The Labute approximate surface area is 131 Å². The van der Waals surface area contributed by atoms with Crippen LogP contribution in [-0.2, 0) is 6.54 Å². The zero-order valence-electron chi connectivity index (χ0n) is 11.8. The van der Waals surface area contributed by atoms with E-state index in [4.69, 9.17) is 4.74 Å². The van der Waals surface area contributed by atoms with Gasteiger partial charge < -0.3 is 10.1 Å². The quantitative estimate of drug-likeness (QED) is 0.792. The largest absolute Gasteiger partial charge is 0.497 e. The van der Waals surface area contributed by atoms with Crippen LogP contribution in [0.1, 0.15) is 24.1 Å². The maximum absolute atomic E-state index is 13.9. The molecule has 2 aromatic carbocycles. The lowest BCUT2D eigenvalue weighted by Gasteiger charge is -2.16. The summed E-state index contributed by atoms with van der Waals surface area (Å²) >= 11 is 3.06. The average molecular weight is 356 g/mol. The second kappa shape index (κ2) is 7.00. The van der Waals surface area contributed by atoms with E-state index < -0.39 is 11.6 Å². The van der Waals surface area contributed by atoms with Crippen molar-refractivity contribution in [3.05, 3.63) is 63.6 Å². The fourth-order valence-corrected chi connectivity index (χ4v) is 2.37. The molecule has 112 valence electrons. The third kappa shape index (κ3) is 3.80. The first-order valence-corrected chi connectivity index (χ1v) is 7.32. The molecule has 5 heteroatoms. The Morgan fingerprint density at radius 1 is 1.14 bits per heavy atom. The van der Waals surface area contributed by atoms with Crippen LogP contribution in [-0.4, -0.2) is 7.11 Å². The monoisotopic (exact) mass is 355 g/mol. The normalized spacial score (nSPS) is 12.2. The molecule has 0 unspecified atom stereocenters. The highest BCUT2D eigenvalue weighted by Crippen LogP contribution is 2.23. The third-order valence-electron chi connectivity index (χ3n) is 3.34. The van der Waals surface area contributed by atoms with E-state index in [1.165, 1.54) is 12.1 Å². The molecule has 0 aliphatic heterocycles. The van der Waals surface area contributed by atoms with Gasteiger partial charge in [0.15, 0.2) is 0 Å². The molecule has 0 heterocycles. The van der Waals surface area contributed by atoms with E-state index in [9.17, 15) is 8.78 Å². The van der Waals surface area contributed by atoms with Gasteiger partial charge in [0.25, 0.3) is 0 Å². The van der Waals surface area contributed by atoms with Crippen molar-refractivity contribution in [3.63, 3.8) is 0 Å². The van der Waals surface area contributed by atoms with Crippen molar-refractivity contribution in [3.8, 4) is 5.75 Å². The minimum absolute atomic E-state index is 0.0322. The highest BCUT2D eigenvalue weighted by Gasteiger charge is 2.13. The first kappa shape index (κ1) is 15.9. The number of nitrogens with one attached hydrogen (secondary N) is 1. The van der Waals surface area contributed by atoms with Gasteiger partial charge in [-0.05, 0) is 52.7 Å². The standard InChI is InChI=1S/C16H16BrF2NO/c1-10(11-3-5-12(21-2)6-4-11)20-9-13-15(18)8-7-14(17)16(13)19/h3-8,10,20H,9H2,1-2H3/t10-/m1/s1. The number of benzene rings is 2. The van der Waals surface area contributed by atoms with Crippen LogP contribution in [0.2, 0.25) is 0 Å². The summed E-state index contributed by atoms with van der Waals surface area (Å²) in [5.41, 5.74) is 1.05. The summed E-state index contributed by atoms with van der Waals surface area (Å²) in [6, 6.07) is 10.1. The maximum Gasteiger partial charge on any atom is 0.144 e. The Hall–Kier alpha value is -1.46. The van der Waals surface area contributed by atoms with Gasteiger partial charge in [0.2, 0.25) is 0 Å². The zero-order valence-corrected chi connectivity index (χ0v) is 13.4. The first-order valence-electron chi connectivity index (χ1n) is 6.52. The molecule has 0 aromatic heterocycles. The fourth-order valence-electron chi connectivity index (χ4n) is 2.00. The number of halogens is 3. The SMILES string of the molecule is COc1ccc([C@@H](C)NCc2c(F)ccc(Br)c2F)cc1. The Balaban J connectivity index is 2.07. The van der Waals surface area contributed by atoms with Gasteiger partial charge >= 0.3 is 0 Å². The lowest BCUT2D eigenvalue weighted by Crippen LogP contribution is -2.19. The average Bonchev–Trinajstić information content (AvgIpc) is 2.51. The number of rotatable bonds is 5. The predicted octanol–water partition coefficient (Wildman–Crippen LogP) is 4.59. The lowest BCUT2D eigenvalue weighted by atomic mass is 10.1. The van der Waals surface area contributed by atoms with E-state index in [1.807, 2.05) is 31.2 Å². The van der Waals surface area contributed by atoms with Gasteiger partial charge in [0.05, 0.1) is 11.6 Å². The van der Waals surface area contributed by atoms with E-state index in [0.717, 1.165) is 11.3 Å². The van der Waals surface area contributed by atoms with Crippen LogP contribution in [0, 0.1) is 11.6 Å². The van der Waals surface area contributed by atoms with E-state index in [-0.39, 0.29) is 22.6 Å². The number of hydrogen-bond donors (Lipinski definition) is 1. The molecule has 2 aromatic rings. The summed E-state index contributed by atoms with van der Waals surface area (Å²) in [6.07, 6.45) is 0. The van der Waals surface area contributed by atoms with Gasteiger partial charge in [-0.25, -0.2) is 8.78 Å². The van der Waals surface area contributed by atoms with E-state index >= 15 is 0 Å². The van der Waals surface area contributed by atoms with Gasteiger partial charge in [0.1, 0.15) is 17.4 Å². The van der Waals surface area contributed by atoms with Crippen LogP contribution >= 0.6 is 15.9 Å². The van der Waals surface area contributed by atoms with Gasteiger partial charge in [-0.1, -0.05) is 12.1 Å². The maximum atomic E-state index is 13.9. The molecule has 2 rings (SSSR count). The van der Waals surface area contributed by atoms with Crippen molar-refractivity contribution < 1.29 is 13.5 Å². The smallest absolute Gasteiger partial charge is 0.144 e. The van der Waals surface area contributed by atoms with Crippen LogP contribution in [0.5, 0.6) is 5.75 Å². The summed E-state index contributed by atoms with van der Waals surface area (Å²) in [4.78, 5) is 0. The van der Waals surface area contributed by atoms with Crippen molar-refractivity contribution >= 4 is 15.9 Å². The Kier molecular flexibility index (Phi) is 5.31. The highest BCUT2D eigenvalue weighted by atomic mass is 79.9. The third-order valence-corrected chi connectivity index (χ3v) is 3.95. The molecule has 0 amide bonds. The van der Waals surface area contributed by atoms with E-state index in [1.54, 1.807) is 7.11 Å². The van der Waals surface area contributed by atoms with Crippen LogP contribution < -0.4 is 10.1 Å². The molecule has 0 saturated carbocycles. The topological polar surface area (TPSA) is 21.3 Å². The Bertz CT molecular complexity index is 616. The Morgan fingerprint density at radius 2 is 1.81 bits per heavy atom. The zero-order chi connectivity index (χ0) is 15.4. The van der Waals surface area contributed by atoms with Crippen LogP contribution in [0.25, 0.3) is 0 Å². The molecular weight excluding hydrogens is 340 g/mol. The van der Waals surface area contributed by atoms with Crippen LogP contribution in [0.15, 0.2) is 40.9 Å². The van der Waals surface area contributed by atoms with Gasteiger partial charge in [-0.3, -0.25) is 0 Å².